The molecular weight excluding hydrogens is 268 g/mol. The first-order valence-electron chi connectivity index (χ1n) is 7.12. The first kappa shape index (κ1) is 16.9. The third-order valence-electron chi connectivity index (χ3n) is 3.29. The number of nitrogens with one attached hydrogen (secondary N) is 1. The average Bonchev–Trinajstić information content (AvgIpc) is 2.44. The Morgan fingerprint density at radius 1 is 1.48 bits per heavy atom. The van der Waals surface area contributed by atoms with Crippen LogP contribution in [0.5, 0.6) is 0 Å². The molecule has 0 fully saturated rings. The summed E-state index contributed by atoms with van der Waals surface area (Å²) in [6, 6.07) is 7.52. The third kappa shape index (κ3) is 4.72. The van der Waals surface area contributed by atoms with Crippen molar-refractivity contribution < 1.29 is 4.92 Å². The minimum absolute atomic E-state index is 0.0957. The quantitative estimate of drug-likeness (QED) is 0.587. The van der Waals surface area contributed by atoms with Gasteiger partial charge in [0.2, 0.25) is 0 Å². The summed E-state index contributed by atoms with van der Waals surface area (Å²) in [4.78, 5) is 12.9. The fourth-order valence-corrected chi connectivity index (χ4v) is 2.18. The monoisotopic (exact) mass is 290 g/mol. The first-order chi connectivity index (χ1) is 10.0. The molecule has 0 bridgehead atoms. The van der Waals surface area contributed by atoms with Crippen molar-refractivity contribution in [1.82, 2.24) is 4.90 Å². The summed E-state index contributed by atoms with van der Waals surface area (Å²) in [7, 11) is 0. The summed E-state index contributed by atoms with van der Waals surface area (Å²) in [6.07, 6.45) is 0.448. The maximum Gasteiger partial charge on any atom is 0.292 e. The van der Waals surface area contributed by atoms with Crippen molar-refractivity contribution in [3.05, 3.63) is 33.9 Å². The highest BCUT2D eigenvalue weighted by molar-refractivity contribution is 5.66. The fourth-order valence-electron chi connectivity index (χ4n) is 2.18. The van der Waals surface area contributed by atoms with Crippen LogP contribution in [0.15, 0.2) is 18.2 Å². The number of rotatable bonds is 8. The Balaban J connectivity index is 3.07. The molecule has 0 saturated heterocycles. The second-order valence-corrected chi connectivity index (χ2v) is 5.07. The normalized spacial score (nSPS) is 10.7. The zero-order valence-electron chi connectivity index (χ0n) is 12.8. The molecule has 6 heteroatoms. The van der Waals surface area contributed by atoms with Crippen LogP contribution in [0, 0.1) is 21.4 Å². The number of hydrogen-bond acceptors (Lipinski definition) is 5. The molecule has 114 valence electrons. The molecular formula is C15H22N4O2. The lowest BCUT2D eigenvalue weighted by atomic mass is 10.1. The lowest BCUT2D eigenvalue weighted by molar-refractivity contribution is -0.384. The van der Waals surface area contributed by atoms with E-state index in [9.17, 15) is 10.1 Å². The molecule has 0 unspecified atom stereocenters. The van der Waals surface area contributed by atoms with Crippen LogP contribution in [0.3, 0.4) is 0 Å². The van der Waals surface area contributed by atoms with Crippen LogP contribution in [-0.4, -0.2) is 29.0 Å². The Hall–Kier alpha value is -2.13. The highest BCUT2D eigenvalue weighted by Crippen LogP contribution is 2.29. The van der Waals surface area contributed by atoms with Crippen molar-refractivity contribution in [2.45, 2.75) is 39.8 Å². The number of nitro groups is 1. The van der Waals surface area contributed by atoms with Gasteiger partial charge in [-0.1, -0.05) is 12.1 Å². The predicted molar refractivity (Wildman–Crippen MR) is 83.0 cm³/mol. The van der Waals surface area contributed by atoms with E-state index < -0.39 is 0 Å². The van der Waals surface area contributed by atoms with Crippen molar-refractivity contribution in [2.75, 3.05) is 18.4 Å². The van der Waals surface area contributed by atoms with Crippen molar-refractivity contribution in [1.29, 1.82) is 5.26 Å². The van der Waals surface area contributed by atoms with E-state index in [2.05, 4.69) is 30.1 Å². The largest absolute Gasteiger partial charge is 0.380 e. The van der Waals surface area contributed by atoms with Gasteiger partial charge in [-0.05, 0) is 26.3 Å². The van der Waals surface area contributed by atoms with Gasteiger partial charge in [-0.15, -0.1) is 0 Å². The smallest absolute Gasteiger partial charge is 0.292 e. The number of nitrogens with zero attached hydrogens (tertiary/aromatic N) is 3. The molecule has 0 atom stereocenters. The molecule has 1 aromatic carbocycles. The van der Waals surface area contributed by atoms with Gasteiger partial charge in [0.15, 0.2) is 0 Å². The first-order valence-corrected chi connectivity index (χ1v) is 7.12. The number of anilines is 1. The zero-order chi connectivity index (χ0) is 15.8. The summed E-state index contributed by atoms with van der Waals surface area (Å²) in [5.41, 5.74) is 1.56. The highest BCUT2D eigenvalue weighted by Gasteiger charge is 2.19. The minimum atomic E-state index is -0.365. The molecule has 0 saturated carbocycles. The molecule has 1 N–H and O–H groups in total. The van der Waals surface area contributed by atoms with Crippen LogP contribution in [-0.2, 0) is 6.54 Å². The van der Waals surface area contributed by atoms with Crippen LogP contribution >= 0.6 is 0 Å². The number of benzene rings is 1. The van der Waals surface area contributed by atoms with Gasteiger partial charge in [0, 0.05) is 38.2 Å². The molecule has 0 aliphatic rings. The van der Waals surface area contributed by atoms with Gasteiger partial charge in [-0.2, -0.15) is 5.26 Å². The zero-order valence-corrected chi connectivity index (χ0v) is 12.8. The highest BCUT2D eigenvalue weighted by atomic mass is 16.6. The van der Waals surface area contributed by atoms with Gasteiger partial charge in [-0.3, -0.25) is 15.0 Å². The van der Waals surface area contributed by atoms with Gasteiger partial charge >= 0.3 is 0 Å². The molecule has 6 nitrogen and oxygen atoms in total. The second kappa shape index (κ2) is 8.22. The fraction of sp³-hybridized carbons (Fsp3) is 0.533. The molecule has 0 heterocycles. The Bertz CT molecular complexity index is 523. The van der Waals surface area contributed by atoms with Crippen molar-refractivity contribution in [2.24, 2.45) is 0 Å². The maximum atomic E-state index is 11.1. The van der Waals surface area contributed by atoms with E-state index in [1.54, 1.807) is 6.07 Å². The molecule has 0 aliphatic heterocycles. The number of nitro benzene ring substituents is 1. The second-order valence-electron chi connectivity index (χ2n) is 5.07. The molecule has 0 spiro atoms. The van der Waals surface area contributed by atoms with Gasteiger partial charge in [-0.25, -0.2) is 0 Å². The van der Waals surface area contributed by atoms with E-state index >= 15 is 0 Å². The Morgan fingerprint density at radius 2 is 2.19 bits per heavy atom. The van der Waals surface area contributed by atoms with E-state index in [1.807, 2.05) is 13.0 Å². The average molecular weight is 290 g/mol. The van der Waals surface area contributed by atoms with E-state index in [4.69, 9.17) is 5.26 Å². The van der Waals surface area contributed by atoms with E-state index in [-0.39, 0.29) is 16.7 Å². The molecule has 0 aromatic heterocycles. The Morgan fingerprint density at radius 3 is 2.71 bits per heavy atom. The molecule has 1 aromatic rings. The van der Waals surface area contributed by atoms with E-state index in [1.165, 1.54) is 6.07 Å². The van der Waals surface area contributed by atoms with Crippen LogP contribution < -0.4 is 5.32 Å². The topological polar surface area (TPSA) is 82.2 Å². The van der Waals surface area contributed by atoms with Crippen LogP contribution in [0.4, 0.5) is 11.4 Å². The minimum Gasteiger partial charge on any atom is -0.380 e. The number of hydrogen-bond donors (Lipinski definition) is 1. The number of para-hydroxylation sites is 1. The number of nitriles is 1. The van der Waals surface area contributed by atoms with Crippen LogP contribution in [0.2, 0.25) is 0 Å². The summed E-state index contributed by atoms with van der Waals surface area (Å²) in [5, 5.41) is 23.0. The molecule has 0 amide bonds. The Labute approximate surface area is 125 Å². The van der Waals surface area contributed by atoms with Crippen LogP contribution in [0.25, 0.3) is 0 Å². The van der Waals surface area contributed by atoms with Gasteiger partial charge in [0.05, 0.1) is 11.0 Å². The molecule has 0 radical (unpaired) electrons. The standard InChI is InChI=1S/C15H22N4O2/c1-4-17-15-13(7-5-8-14(15)19(20)21)11-18(12(2)3)10-6-9-16/h5,7-8,12,17H,4,6,10-11H2,1-3H3. The summed E-state index contributed by atoms with van der Waals surface area (Å²) >= 11 is 0. The van der Waals surface area contributed by atoms with Crippen molar-refractivity contribution >= 4 is 11.4 Å². The summed E-state index contributed by atoms with van der Waals surface area (Å²) < 4.78 is 0. The third-order valence-corrected chi connectivity index (χ3v) is 3.29. The van der Waals surface area contributed by atoms with Gasteiger partial charge < -0.3 is 5.32 Å². The Kier molecular flexibility index (Phi) is 6.63. The van der Waals surface area contributed by atoms with E-state index in [0.717, 1.165) is 5.56 Å². The summed E-state index contributed by atoms with van der Waals surface area (Å²) in [6.45, 7) is 7.89. The van der Waals surface area contributed by atoms with E-state index in [0.29, 0.717) is 31.7 Å². The van der Waals surface area contributed by atoms with Crippen LogP contribution in [0.1, 0.15) is 32.8 Å². The molecule has 0 aliphatic carbocycles. The predicted octanol–water partition coefficient (Wildman–Crippen LogP) is 3.15. The van der Waals surface area contributed by atoms with Crippen molar-refractivity contribution in [3.8, 4) is 6.07 Å². The molecule has 21 heavy (non-hydrogen) atoms. The SMILES string of the molecule is CCNc1c(CN(CCC#N)C(C)C)cccc1[N+](=O)[O-]. The van der Waals surface area contributed by atoms with Gasteiger partial charge in [0.1, 0.15) is 5.69 Å². The lowest BCUT2D eigenvalue weighted by Crippen LogP contribution is -2.31. The van der Waals surface area contributed by atoms with Gasteiger partial charge in [0.25, 0.3) is 5.69 Å². The molecule has 1 rings (SSSR count). The summed E-state index contributed by atoms with van der Waals surface area (Å²) in [5.74, 6) is 0. The van der Waals surface area contributed by atoms with Crippen molar-refractivity contribution in [3.63, 3.8) is 0 Å². The maximum absolute atomic E-state index is 11.1. The lowest BCUT2D eigenvalue weighted by Gasteiger charge is -2.26.